The van der Waals surface area contributed by atoms with E-state index in [1.54, 1.807) is 12.1 Å². The summed E-state index contributed by atoms with van der Waals surface area (Å²) in [5, 5.41) is 10.2. The van der Waals surface area contributed by atoms with Crippen molar-refractivity contribution >= 4 is 23.6 Å². The normalized spacial score (nSPS) is 19.1. The molecule has 22 heavy (non-hydrogen) atoms. The van der Waals surface area contributed by atoms with Crippen molar-refractivity contribution in [1.82, 2.24) is 5.32 Å². The molecule has 0 aliphatic carbocycles. The molecule has 8 heteroatoms. The minimum Gasteiger partial charge on any atom is -0.480 e. The van der Waals surface area contributed by atoms with E-state index in [0.717, 1.165) is 17.5 Å². The number of hydrogen-bond acceptors (Lipinski definition) is 3. The molecule has 2 atom stereocenters. The van der Waals surface area contributed by atoms with Gasteiger partial charge >= 0.3 is 12.1 Å². The molecule has 1 aliphatic rings. The molecular weight excluding hydrogens is 319 g/mol. The molecule has 0 radical (unpaired) electrons. The molecule has 1 aromatic rings. The van der Waals surface area contributed by atoms with E-state index in [2.05, 4.69) is 0 Å². The first kappa shape index (κ1) is 16.7. The molecule has 120 valence electrons. The first-order chi connectivity index (χ1) is 10.3. The molecule has 0 saturated carbocycles. The number of nitrogens with one attached hydrogen (secondary N) is 1. The summed E-state index contributed by atoms with van der Waals surface area (Å²) in [6.07, 6.45) is -5.48. The Morgan fingerprint density at radius 1 is 1.36 bits per heavy atom. The number of benzene rings is 1. The predicted octanol–water partition coefficient (Wildman–Crippen LogP) is 2.54. The van der Waals surface area contributed by atoms with Crippen LogP contribution < -0.4 is 5.32 Å². The molecule has 0 fully saturated rings. The van der Waals surface area contributed by atoms with Crippen LogP contribution in [0.15, 0.2) is 24.3 Å². The molecule has 0 saturated heterocycles. The van der Waals surface area contributed by atoms with Gasteiger partial charge in [0.1, 0.15) is 11.3 Å². The minimum absolute atomic E-state index is 0.659. The maximum absolute atomic E-state index is 12.4. The maximum atomic E-state index is 12.4. The first-order valence-corrected chi connectivity index (χ1v) is 7.62. The minimum atomic E-state index is -4.66. The Hall–Kier alpha value is -1.70. The summed E-state index contributed by atoms with van der Waals surface area (Å²) >= 11 is 1.30. The van der Waals surface area contributed by atoms with Crippen LogP contribution in [-0.2, 0) is 16.0 Å². The second-order valence-corrected chi connectivity index (χ2v) is 6.13. The van der Waals surface area contributed by atoms with Crippen molar-refractivity contribution in [3.63, 3.8) is 0 Å². The van der Waals surface area contributed by atoms with E-state index >= 15 is 0 Å². The predicted molar refractivity (Wildman–Crippen MR) is 75.6 cm³/mol. The topological polar surface area (TPSA) is 66.4 Å². The van der Waals surface area contributed by atoms with E-state index in [1.165, 1.54) is 11.8 Å². The molecule has 0 aromatic heterocycles. The highest BCUT2D eigenvalue weighted by Crippen LogP contribution is 2.37. The molecule has 1 aliphatic heterocycles. The van der Waals surface area contributed by atoms with Crippen molar-refractivity contribution in [2.24, 2.45) is 0 Å². The Balaban J connectivity index is 2.13. The summed E-state index contributed by atoms with van der Waals surface area (Å²) in [5.74, 6) is -1.74. The van der Waals surface area contributed by atoms with E-state index in [-0.39, 0.29) is 0 Å². The van der Waals surface area contributed by atoms with Gasteiger partial charge in [-0.25, -0.2) is 4.79 Å². The zero-order valence-electron chi connectivity index (χ0n) is 11.4. The van der Waals surface area contributed by atoms with Crippen LogP contribution in [0, 0.1) is 0 Å². The quantitative estimate of drug-likeness (QED) is 0.889. The van der Waals surface area contributed by atoms with Gasteiger partial charge in [-0.05, 0) is 23.3 Å². The van der Waals surface area contributed by atoms with Gasteiger partial charge in [0.25, 0.3) is 0 Å². The SMILES string of the molecule is O=C(O)C(CC(F)(F)F)NC(=O)C1SCCc2ccccc21. The number of carbonyl (C=O) groups is 2. The van der Waals surface area contributed by atoms with Gasteiger partial charge in [0, 0.05) is 0 Å². The number of aliphatic carboxylic acids is 1. The molecule has 4 nitrogen and oxygen atoms in total. The highest BCUT2D eigenvalue weighted by Gasteiger charge is 2.38. The highest BCUT2D eigenvalue weighted by molar-refractivity contribution is 8.00. The Morgan fingerprint density at radius 2 is 2.05 bits per heavy atom. The molecule has 2 rings (SSSR count). The fraction of sp³-hybridized carbons (Fsp3) is 0.429. The van der Waals surface area contributed by atoms with Gasteiger partial charge in [-0.1, -0.05) is 24.3 Å². The third kappa shape index (κ3) is 4.16. The molecule has 0 spiro atoms. The lowest BCUT2D eigenvalue weighted by Crippen LogP contribution is -2.45. The summed E-state index contributed by atoms with van der Waals surface area (Å²) in [7, 11) is 0. The largest absolute Gasteiger partial charge is 0.480 e. The van der Waals surface area contributed by atoms with Crippen molar-refractivity contribution in [3.05, 3.63) is 35.4 Å². The van der Waals surface area contributed by atoms with Crippen LogP contribution in [-0.4, -0.2) is 35.0 Å². The maximum Gasteiger partial charge on any atom is 0.391 e. The molecule has 0 bridgehead atoms. The van der Waals surface area contributed by atoms with Crippen molar-refractivity contribution in [2.45, 2.75) is 30.3 Å². The molecule has 1 amide bonds. The Labute approximate surface area is 129 Å². The van der Waals surface area contributed by atoms with Crippen LogP contribution >= 0.6 is 11.8 Å². The summed E-state index contributed by atoms with van der Waals surface area (Å²) in [6, 6.07) is 5.20. The summed E-state index contributed by atoms with van der Waals surface area (Å²) in [4.78, 5) is 23.1. The molecule has 2 N–H and O–H groups in total. The number of fused-ring (bicyclic) bond motifs is 1. The zero-order chi connectivity index (χ0) is 16.3. The van der Waals surface area contributed by atoms with Crippen LogP contribution in [0.25, 0.3) is 0 Å². The Morgan fingerprint density at radius 3 is 2.68 bits per heavy atom. The average Bonchev–Trinajstić information content (AvgIpc) is 2.44. The van der Waals surface area contributed by atoms with E-state index in [9.17, 15) is 22.8 Å². The Bertz CT molecular complexity index is 577. The highest BCUT2D eigenvalue weighted by atomic mass is 32.2. The number of hydrogen-bond donors (Lipinski definition) is 2. The molecule has 2 unspecified atom stereocenters. The number of rotatable bonds is 4. The van der Waals surface area contributed by atoms with Crippen molar-refractivity contribution in [1.29, 1.82) is 0 Å². The average molecular weight is 333 g/mol. The number of aryl methyl sites for hydroxylation is 1. The van der Waals surface area contributed by atoms with Gasteiger partial charge in [0.2, 0.25) is 5.91 Å². The van der Waals surface area contributed by atoms with Crippen LogP contribution in [0.3, 0.4) is 0 Å². The first-order valence-electron chi connectivity index (χ1n) is 6.57. The smallest absolute Gasteiger partial charge is 0.391 e. The lowest BCUT2D eigenvalue weighted by atomic mass is 10.0. The van der Waals surface area contributed by atoms with E-state index in [1.807, 2.05) is 17.4 Å². The third-order valence-corrected chi connectivity index (χ3v) is 4.52. The summed E-state index contributed by atoms with van der Waals surface area (Å²) < 4.78 is 37.1. The van der Waals surface area contributed by atoms with Gasteiger partial charge in [0.05, 0.1) is 6.42 Å². The molecule has 1 aromatic carbocycles. The van der Waals surface area contributed by atoms with Crippen LogP contribution in [0.5, 0.6) is 0 Å². The van der Waals surface area contributed by atoms with Crippen molar-refractivity contribution in [2.75, 3.05) is 5.75 Å². The second kappa shape index (κ2) is 6.60. The molecular formula is C14H14F3NO3S. The number of amides is 1. The number of carbonyl (C=O) groups excluding carboxylic acids is 1. The number of halogens is 3. The van der Waals surface area contributed by atoms with Crippen molar-refractivity contribution in [3.8, 4) is 0 Å². The number of carboxylic acid groups (broad SMARTS) is 1. The number of thioether (sulfide) groups is 1. The fourth-order valence-electron chi connectivity index (χ4n) is 2.29. The van der Waals surface area contributed by atoms with Gasteiger partial charge in [-0.2, -0.15) is 13.2 Å². The number of alkyl halides is 3. The van der Waals surface area contributed by atoms with Crippen LogP contribution in [0.1, 0.15) is 22.8 Å². The van der Waals surface area contributed by atoms with Gasteiger partial charge < -0.3 is 10.4 Å². The fourth-order valence-corrected chi connectivity index (χ4v) is 3.49. The van der Waals surface area contributed by atoms with Crippen molar-refractivity contribution < 1.29 is 27.9 Å². The van der Waals surface area contributed by atoms with Gasteiger partial charge in [-0.15, -0.1) is 11.8 Å². The second-order valence-electron chi connectivity index (χ2n) is 4.92. The lowest BCUT2D eigenvalue weighted by Gasteiger charge is -2.26. The summed E-state index contributed by atoms with van der Waals surface area (Å²) in [5.41, 5.74) is 1.69. The van der Waals surface area contributed by atoms with Crippen LogP contribution in [0.4, 0.5) is 13.2 Å². The van der Waals surface area contributed by atoms with E-state index < -0.39 is 35.8 Å². The van der Waals surface area contributed by atoms with E-state index in [0.29, 0.717) is 5.75 Å². The Kier molecular flexibility index (Phi) is 5.00. The molecule has 1 heterocycles. The van der Waals surface area contributed by atoms with Gasteiger partial charge in [0.15, 0.2) is 0 Å². The summed E-state index contributed by atoms with van der Waals surface area (Å²) in [6.45, 7) is 0. The monoisotopic (exact) mass is 333 g/mol. The standard InChI is InChI=1S/C14H14F3NO3S/c15-14(16,17)7-10(13(20)21)18-12(19)11-9-4-2-1-3-8(9)5-6-22-11/h1-4,10-11H,5-7H2,(H,18,19)(H,20,21). The number of carboxylic acids is 1. The van der Waals surface area contributed by atoms with Crippen LogP contribution in [0.2, 0.25) is 0 Å². The third-order valence-electron chi connectivity index (χ3n) is 3.28. The van der Waals surface area contributed by atoms with E-state index in [4.69, 9.17) is 5.11 Å². The van der Waals surface area contributed by atoms with Gasteiger partial charge in [-0.3, -0.25) is 4.79 Å². The lowest BCUT2D eigenvalue weighted by molar-refractivity contribution is -0.159. The zero-order valence-corrected chi connectivity index (χ0v) is 12.2.